The number of aromatic nitrogens is 2. The van der Waals surface area contributed by atoms with E-state index in [-0.39, 0.29) is 16.6 Å². The number of fused-ring (bicyclic) bond motifs is 3. The van der Waals surface area contributed by atoms with Crippen LogP contribution >= 0.6 is 0 Å². The van der Waals surface area contributed by atoms with E-state index in [4.69, 9.17) is 5.73 Å². The number of carbonyl (C=O) groups is 1. The number of nitrogens with two attached hydrogens (primary N) is 1. The number of benzene rings is 2. The first-order valence-corrected chi connectivity index (χ1v) is 11.0. The van der Waals surface area contributed by atoms with Crippen LogP contribution in [0.2, 0.25) is 0 Å². The van der Waals surface area contributed by atoms with Crippen molar-refractivity contribution in [2.45, 2.75) is 24.3 Å². The first-order valence-electron chi connectivity index (χ1n) is 9.51. The number of amides is 1. The third-order valence-corrected chi connectivity index (χ3v) is 6.98. The van der Waals surface area contributed by atoms with Crippen LogP contribution < -0.4 is 11.1 Å². The molecule has 9 heteroatoms. The van der Waals surface area contributed by atoms with Crippen LogP contribution in [0.15, 0.2) is 47.4 Å². The van der Waals surface area contributed by atoms with Crippen molar-refractivity contribution in [2.24, 2.45) is 5.73 Å². The molecule has 30 heavy (non-hydrogen) atoms. The van der Waals surface area contributed by atoms with Gasteiger partial charge in [-0.2, -0.15) is 5.10 Å². The molecule has 1 unspecified atom stereocenters. The smallest absolute Gasteiger partial charge is 0.269 e. The molecule has 1 aliphatic rings. The van der Waals surface area contributed by atoms with Crippen LogP contribution in [-0.2, 0) is 10.0 Å². The average Bonchev–Trinajstić information content (AvgIpc) is 2.99. The Morgan fingerprint density at radius 1 is 1.20 bits per heavy atom. The van der Waals surface area contributed by atoms with Gasteiger partial charge in [0.1, 0.15) is 0 Å². The molecule has 2 heterocycles. The van der Waals surface area contributed by atoms with Gasteiger partial charge < -0.3 is 11.1 Å². The maximum absolute atomic E-state index is 12.4. The van der Waals surface area contributed by atoms with E-state index in [1.807, 2.05) is 18.2 Å². The lowest BCUT2D eigenvalue weighted by molar-refractivity contribution is 0.0996. The highest BCUT2D eigenvalue weighted by atomic mass is 32.2. The molecule has 2 aromatic carbocycles. The number of rotatable bonds is 4. The summed E-state index contributed by atoms with van der Waals surface area (Å²) < 4.78 is 27.5. The third-order valence-electron chi connectivity index (χ3n) is 5.15. The van der Waals surface area contributed by atoms with Crippen LogP contribution in [0.1, 0.15) is 29.4 Å². The SMILES string of the molecule is CC1CC=Cc2c(ccc3c(C(N)=O)nn(-c4ccc(S(=O)(=O)N(C)C)cc4)c23)N1. The first kappa shape index (κ1) is 20.1. The molecule has 0 spiro atoms. The second-order valence-electron chi connectivity index (χ2n) is 7.51. The van der Waals surface area contributed by atoms with Crippen molar-refractivity contribution < 1.29 is 13.2 Å². The Morgan fingerprint density at radius 3 is 2.53 bits per heavy atom. The number of nitrogens with zero attached hydrogens (tertiary/aromatic N) is 3. The molecule has 1 aromatic heterocycles. The van der Waals surface area contributed by atoms with Crippen LogP contribution in [0.25, 0.3) is 22.7 Å². The first-order chi connectivity index (χ1) is 14.2. The molecule has 156 valence electrons. The topological polar surface area (TPSA) is 110 Å². The number of nitrogens with one attached hydrogen (secondary N) is 1. The Kier molecular flexibility index (Phi) is 4.87. The predicted octanol–water partition coefficient (Wildman–Crippen LogP) is 2.59. The monoisotopic (exact) mass is 425 g/mol. The fraction of sp³-hybridized carbons (Fsp3) is 0.238. The highest BCUT2D eigenvalue weighted by Gasteiger charge is 2.22. The van der Waals surface area contributed by atoms with Crippen LogP contribution in [0.5, 0.6) is 0 Å². The summed E-state index contributed by atoms with van der Waals surface area (Å²) in [6.45, 7) is 2.10. The van der Waals surface area contributed by atoms with Crippen LogP contribution in [0, 0.1) is 0 Å². The number of hydrogen-bond donors (Lipinski definition) is 2. The second kappa shape index (κ2) is 7.26. The standard InChI is InChI=1S/C21H23N5O3S/c1-13-5-4-6-16-18(23-13)12-11-17-19(21(22)27)24-26(20(16)17)14-7-9-15(10-8-14)30(28,29)25(2)3/h4,6-13,23H,5H2,1-3H3,(H2,22,27). The molecule has 8 nitrogen and oxygen atoms in total. The van der Waals surface area contributed by atoms with Crippen molar-refractivity contribution >= 4 is 38.6 Å². The van der Waals surface area contributed by atoms with E-state index in [2.05, 4.69) is 23.4 Å². The predicted molar refractivity (Wildman–Crippen MR) is 117 cm³/mol. The zero-order valence-corrected chi connectivity index (χ0v) is 17.8. The summed E-state index contributed by atoms with van der Waals surface area (Å²) in [5.74, 6) is -0.621. The number of carbonyl (C=O) groups excluding carboxylic acids is 1. The number of primary amides is 1. The Balaban J connectivity index is 1.95. The molecular formula is C21H23N5O3S. The molecular weight excluding hydrogens is 402 g/mol. The van der Waals surface area contributed by atoms with Crippen molar-refractivity contribution in [3.8, 4) is 5.69 Å². The van der Waals surface area contributed by atoms with E-state index in [0.717, 1.165) is 27.5 Å². The maximum Gasteiger partial charge on any atom is 0.269 e. The molecule has 4 rings (SSSR count). The molecule has 0 saturated heterocycles. The highest BCUT2D eigenvalue weighted by molar-refractivity contribution is 7.89. The molecule has 1 aliphatic heterocycles. The van der Waals surface area contributed by atoms with Gasteiger partial charge in [-0.1, -0.05) is 12.2 Å². The second-order valence-corrected chi connectivity index (χ2v) is 9.66. The van der Waals surface area contributed by atoms with Gasteiger partial charge in [-0.25, -0.2) is 17.4 Å². The minimum absolute atomic E-state index is 0.170. The summed E-state index contributed by atoms with van der Waals surface area (Å²) in [7, 11) is -0.573. The van der Waals surface area contributed by atoms with Gasteiger partial charge in [0.15, 0.2) is 5.69 Å². The van der Waals surface area contributed by atoms with E-state index < -0.39 is 15.9 Å². The molecule has 1 atom stereocenters. The zero-order valence-electron chi connectivity index (χ0n) is 17.0. The molecule has 0 fully saturated rings. The van der Waals surface area contributed by atoms with Crippen molar-refractivity contribution in [2.75, 3.05) is 19.4 Å². The van der Waals surface area contributed by atoms with Crippen LogP contribution in [0.3, 0.4) is 0 Å². The summed E-state index contributed by atoms with van der Waals surface area (Å²) in [6.07, 6.45) is 4.96. The number of hydrogen-bond acceptors (Lipinski definition) is 5. The largest absolute Gasteiger partial charge is 0.382 e. The summed E-state index contributed by atoms with van der Waals surface area (Å²) in [6, 6.07) is 10.4. The van der Waals surface area contributed by atoms with Crippen LogP contribution in [-0.4, -0.2) is 48.5 Å². The minimum Gasteiger partial charge on any atom is -0.382 e. The van der Waals surface area contributed by atoms with E-state index in [1.54, 1.807) is 16.8 Å². The van der Waals surface area contributed by atoms with Gasteiger partial charge in [0.05, 0.1) is 16.1 Å². The summed E-state index contributed by atoms with van der Waals surface area (Å²) in [4.78, 5) is 12.2. The number of anilines is 1. The van der Waals surface area contributed by atoms with Gasteiger partial charge in [-0.3, -0.25) is 4.79 Å². The van der Waals surface area contributed by atoms with Gasteiger partial charge in [-0.05, 0) is 49.7 Å². The Morgan fingerprint density at radius 2 is 1.90 bits per heavy atom. The lowest BCUT2D eigenvalue weighted by atomic mass is 10.1. The van der Waals surface area contributed by atoms with Crippen molar-refractivity contribution in [3.63, 3.8) is 0 Å². The summed E-state index contributed by atoms with van der Waals surface area (Å²) >= 11 is 0. The van der Waals surface area contributed by atoms with E-state index in [0.29, 0.717) is 11.1 Å². The van der Waals surface area contributed by atoms with Crippen molar-refractivity contribution in [1.82, 2.24) is 14.1 Å². The lowest BCUT2D eigenvalue weighted by Crippen LogP contribution is -2.22. The van der Waals surface area contributed by atoms with E-state index in [9.17, 15) is 13.2 Å². The molecule has 0 saturated carbocycles. The Hall–Kier alpha value is -3.17. The summed E-state index contributed by atoms with van der Waals surface area (Å²) in [5.41, 5.74) is 8.96. The minimum atomic E-state index is -3.54. The average molecular weight is 426 g/mol. The normalized spacial score (nSPS) is 16.3. The van der Waals surface area contributed by atoms with Gasteiger partial charge >= 0.3 is 0 Å². The van der Waals surface area contributed by atoms with Crippen LogP contribution in [0.4, 0.5) is 5.69 Å². The molecule has 0 aliphatic carbocycles. The maximum atomic E-state index is 12.4. The fourth-order valence-electron chi connectivity index (χ4n) is 3.58. The molecule has 0 bridgehead atoms. The molecule has 3 N–H and O–H groups in total. The molecule has 1 amide bonds. The van der Waals surface area contributed by atoms with E-state index >= 15 is 0 Å². The number of sulfonamides is 1. The quantitative estimate of drug-likeness (QED) is 0.668. The van der Waals surface area contributed by atoms with Crippen molar-refractivity contribution in [1.29, 1.82) is 0 Å². The molecule has 3 aromatic rings. The summed E-state index contributed by atoms with van der Waals surface area (Å²) in [5, 5.41) is 8.58. The Labute approximate surface area is 175 Å². The third kappa shape index (κ3) is 3.25. The van der Waals surface area contributed by atoms with Gasteiger partial charge in [0, 0.05) is 36.8 Å². The zero-order chi connectivity index (χ0) is 21.6. The molecule has 0 radical (unpaired) electrons. The highest BCUT2D eigenvalue weighted by Crippen LogP contribution is 2.34. The Bertz CT molecular complexity index is 1270. The fourth-order valence-corrected chi connectivity index (χ4v) is 4.48. The van der Waals surface area contributed by atoms with Crippen molar-refractivity contribution in [3.05, 3.63) is 53.7 Å². The van der Waals surface area contributed by atoms with Gasteiger partial charge in [0.2, 0.25) is 10.0 Å². The van der Waals surface area contributed by atoms with Gasteiger partial charge in [0.25, 0.3) is 5.91 Å². The lowest BCUT2D eigenvalue weighted by Gasteiger charge is -2.15. The van der Waals surface area contributed by atoms with E-state index in [1.165, 1.54) is 26.2 Å². The van der Waals surface area contributed by atoms with Gasteiger partial charge in [-0.15, -0.1) is 0 Å².